The molecule has 132 valence electrons. The molecule has 0 heterocycles. The first kappa shape index (κ1) is 17.9. The van der Waals surface area contributed by atoms with Crippen LogP contribution in [-0.2, 0) is 9.22 Å². The van der Waals surface area contributed by atoms with Crippen LogP contribution >= 0.6 is 0 Å². The molecule has 4 heteroatoms. The van der Waals surface area contributed by atoms with Gasteiger partial charge in [0.15, 0.2) is 0 Å². The molecule has 3 rings (SSSR count). The molecular weight excluding hydrogens is 328 g/mol. The van der Waals surface area contributed by atoms with Crippen molar-refractivity contribution in [2.24, 2.45) is 5.92 Å². The number of benzene rings is 2. The Kier molecular flexibility index (Phi) is 4.85. The summed E-state index contributed by atoms with van der Waals surface area (Å²) in [6.07, 6.45) is 1.24. The third kappa shape index (κ3) is 3.28. The van der Waals surface area contributed by atoms with Crippen molar-refractivity contribution in [3.05, 3.63) is 60.7 Å². The highest BCUT2D eigenvalue weighted by molar-refractivity contribution is 6.99. The molecule has 1 aliphatic carbocycles. The lowest BCUT2D eigenvalue weighted by atomic mass is 9.83. The van der Waals surface area contributed by atoms with Crippen LogP contribution in [0.3, 0.4) is 0 Å². The zero-order chi connectivity index (χ0) is 18.1. The molecule has 1 fully saturated rings. The number of carboxylic acid groups (broad SMARTS) is 1. The topological polar surface area (TPSA) is 46.5 Å². The van der Waals surface area contributed by atoms with Crippen molar-refractivity contribution in [3.63, 3.8) is 0 Å². The van der Waals surface area contributed by atoms with E-state index >= 15 is 0 Å². The maximum atomic E-state index is 11.2. The predicted molar refractivity (Wildman–Crippen MR) is 103 cm³/mol. The van der Waals surface area contributed by atoms with Crippen LogP contribution in [0.15, 0.2) is 60.7 Å². The summed E-state index contributed by atoms with van der Waals surface area (Å²) in [6, 6.07) is 21.0. The Hall–Kier alpha value is -1.91. The first-order chi connectivity index (χ1) is 11.8. The SMILES string of the molecule is CC(C)(C)[Si](OC1CC(C(=O)O)C1)(c1ccccc1)c1ccccc1. The van der Waals surface area contributed by atoms with Crippen LogP contribution in [0.4, 0.5) is 0 Å². The minimum Gasteiger partial charge on any atom is -0.481 e. The van der Waals surface area contributed by atoms with Gasteiger partial charge in [0.05, 0.1) is 5.92 Å². The Bertz CT molecular complexity index is 676. The lowest BCUT2D eigenvalue weighted by Crippen LogP contribution is -2.68. The molecule has 25 heavy (non-hydrogen) atoms. The smallest absolute Gasteiger partial charge is 0.306 e. The third-order valence-corrected chi connectivity index (χ3v) is 10.3. The Morgan fingerprint density at radius 3 is 1.76 bits per heavy atom. The first-order valence-corrected chi connectivity index (χ1v) is 10.8. The Morgan fingerprint density at radius 2 is 1.40 bits per heavy atom. The summed E-state index contributed by atoms with van der Waals surface area (Å²) < 4.78 is 6.87. The normalized spacial score (nSPS) is 20.8. The van der Waals surface area contributed by atoms with Gasteiger partial charge < -0.3 is 9.53 Å². The molecule has 2 aromatic carbocycles. The first-order valence-electron chi connectivity index (χ1n) is 8.86. The summed E-state index contributed by atoms with van der Waals surface area (Å²) in [5, 5.41) is 11.6. The Balaban J connectivity index is 2.05. The van der Waals surface area contributed by atoms with Crippen LogP contribution in [0.5, 0.6) is 0 Å². The maximum absolute atomic E-state index is 11.2. The number of hydrogen-bond acceptors (Lipinski definition) is 2. The van der Waals surface area contributed by atoms with Gasteiger partial charge >= 0.3 is 5.97 Å². The van der Waals surface area contributed by atoms with Crippen LogP contribution in [0.1, 0.15) is 33.6 Å². The summed E-state index contributed by atoms with van der Waals surface area (Å²) in [4.78, 5) is 11.2. The predicted octanol–water partition coefficient (Wildman–Crippen LogP) is 3.43. The van der Waals surface area contributed by atoms with Crippen LogP contribution in [0.25, 0.3) is 0 Å². The molecule has 1 saturated carbocycles. The van der Waals surface area contributed by atoms with E-state index in [1.807, 2.05) is 12.1 Å². The summed E-state index contributed by atoms with van der Waals surface area (Å²) in [5.41, 5.74) is 0. The zero-order valence-corrected chi connectivity index (χ0v) is 16.1. The molecule has 0 radical (unpaired) electrons. The summed E-state index contributed by atoms with van der Waals surface area (Å²) in [7, 11) is -2.54. The average molecular weight is 355 g/mol. The van der Waals surface area contributed by atoms with Crippen molar-refractivity contribution in [2.75, 3.05) is 0 Å². The van der Waals surface area contributed by atoms with Crippen LogP contribution in [0, 0.1) is 5.92 Å². The molecular formula is C21H26O3Si. The highest BCUT2D eigenvalue weighted by Crippen LogP contribution is 2.41. The lowest BCUT2D eigenvalue weighted by Gasteiger charge is -2.48. The van der Waals surface area contributed by atoms with E-state index < -0.39 is 14.3 Å². The van der Waals surface area contributed by atoms with E-state index in [1.54, 1.807) is 0 Å². The monoisotopic (exact) mass is 354 g/mol. The minimum absolute atomic E-state index is 0.0207. The van der Waals surface area contributed by atoms with Gasteiger partial charge in [-0.2, -0.15) is 0 Å². The summed E-state index contributed by atoms with van der Waals surface area (Å²) >= 11 is 0. The number of hydrogen-bond donors (Lipinski definition) is 1. The van der Waals surface area contributed by atoms with Crippen LogP contribution < -0.4 is 10.4 Å². The van der Waals surface area contributed by atoms with Crippen molar-refractivity contribution in [1.82, 2.24) is 0 Å². The second kappa shape index (κ2) is 6.77. The number of aliphatic carboxylic acids is 1. The second-order valence-electron chi connectivity index (χ2n) is 7.91. The quantitative estimate of drug-likeness (QED) is 0.837. The molecule has 0 aliphatic heterocycles. The fourth-order valence-electron chi connectivity index (χ4n) is 3.80. The molecule has 2 aromatic rings. The van der Waals surface area contributed by atoms with Gasteiger partial charge in [0.25, 0.3) is 8.32 Å². The van der Waals surface area contributed by atoms with Crippen LogP contribution in [-0.4, -0.2) is 25.5 Å². The zero-order valence-electron chi connectivity index (χ0n) is 15.1. The molecule has 0 atom stereocenters. The van der Waals surface area contributed by atoms with Crippen molar-refractivity contribution in [2.45, 2.75) is 44.8 Å². The number of rotatable bonds is 5. The highest BCUT2D eigenvalue weighted by Gasteiger charge is 2.53. The lowest BCUT2D eigenvalue weighted by molar-refractivity contribution is -0.148. The molecule has 0 aromatic heterocycles. The molecule has 1 N–H and O–H groups in total. The van der Waals surface area contributed by atoms with Gasteiger partial charge in [-0.1, -0.05) is 81.4 Å². The number of carboxylic acids is 1. The van der Waals surface area contributed by atoms with Gasteiger partial charge in [-0.15, -0.1) is 0 Å². The maximum Gasteiger partial charge on any atom is 0.306 e. The van der Waals surface area contributed by atoms with E-state index in [-0.39, 0.29) is 17.1 Å². The van der Waals surface area contributed by atoms with Gasteiger partial charge in [-0.3, -0.25) is 4.79 Å². The molecule has 3 nitrogen and oxygen atoms in total. The van der Waals surface area contributed by atoms with Crippen LogP contribution in [0.2, 0.25) is 5.04 Å². The Morgan fingerprint density at radius 1 is 0.960 bits per heavy atom. The fraction of sp³-hybridized carbons (Fsp3) is 0.381. The summed E-state index contributed by atoms with van der Waals surface area (Å²) in [5.74, 6) is -0.967. The van der Waals surface area contributed by atoms with E-state index in [4.69, 9.17) is 4.43 Å². The van der Waals surface area contributed by atoms with Crippen molar-refractivity contribution < 1.29 is 14.3 Å². The van der Waals surface area contributed by atoms with E-state index in [2.05, 4.69) is 69.3 Å². The van der Waals surface area contributed by atoms with Gasteiger partial charge in [0.1, 0.15) is 0 Å². The molecule has 0 spiro atoms. The van der Waals surface area contributed by atoms with Gasteiger partial charge in [0.2, 0.25) is 0 Å². The average Bonchev–Trinajstić information content (AvgIpc) is 2.54. The third-order valence-electron chi connectivity index (χ3n) is 5.20. The standard InChI is InChI=1S/C21H26O3Si/c1-21(2,3)25(18-10-6-4-7-11-18,19-12-8-5-9-13-19)24-17-14-16(15-17)20(22)23/h4-13,16-17H,14-15H2,1-3H3,(H,22,23). The van der Waals surface area contributed by atoms with E-state index in [0.29, 0.717) is 12.8 Å². The van der Waals surface area contributed by atoms with Crippen molar-refractivity contribution in [3.8, 4) is 0 Å². The van der Waals surface area contributed by atoms with Gasteiger partial charge in [-0.25, -0.2) is 0 Å². The molecule has 0 bridgehead atoms. The molecule has 0 amide bonds. The Labute approximate surface area is 150 Å². The van der Waals surface area contributed by atoms with Gasteiger partial charge in [0, 0.05) is 6.10 Å². The van der Waals surface area contributed by atoms with Crippen molar-refractivity contribution >= 4 is 24.7 Å². The van der Waals surface area contributed by atoms with Gasteiger partial charge in [-0.05, 0) is 28.3 Å². The second-order valence-corrected chi connectivity index (χ2v) is 12.2. The van der Waals surface area contributed by atoms with E-state index in [9.17, 15) is 9.90 Å². The molecule has 0 saturated heterocycles. The van der Waals surface area contributed by atoms with E-state index in [1.165, 1.54) is 10.4 Å². The van der Waals surface area contributed by atoms with E-state index in [0.717, 1.165) is 0 Å². The number of carbonyl (C=O) groups is 1. The molecule has 0 unspecified atom stereocenters. The fourth-order valence-corrected chi connectivity index (χ4v) is 8.51. The molecule has 1 aliphatic rings. The minimum atomic E-state index is -2.54. The summed E-state index contributed by atoms with van der Waals surface area (Å²) in [6.45, 7) is 6.73. The highest BCUT2D eigenvalue weighted by atomic mass is 28.4. The largest absolute Gasteiger partial charge is 0.481 e. The van der Waals surface area contributed by atoms with Crippen molar-refractivity contribution in [1.29, 1.82) is 0 Å².